The fourth-order valence-electron chi connectivity index (χ4n) is 2.76. The molecule has 2 aromatic rings. The Morgan fingerprint density at radius 3 is 2.48 bits per heavy atom. The highest BCUT2D eigenvalue weighted by Crippen LogP contribution is 2.41. The third-order valence-electron chi connectivity index (χ3n) is 4.08. The summed E-state index contributed by atoms with van der Waals surface area (Å²) in [4.78, 5) is 26.6. The molecule has 0 aliphatic carbocycles. The maximum atomic E-state index is 13.1. The highest BCUT2D eigenvalue weighted by Gasteiger charge is 2.40. The number of amides is 2. The van der Waals surface area contributed by atoms with Crippen LogP contribution in [0.25, 0.3) is 0 Å². The molecule has 136 valence electrons. The van der Waals surface area contributed by atoms with E-state index in [2.05, 4.69) is 5.32 Å². The first-order valence-corrected chi connectivity index (χ1v) is 9.09. The van der Waals surface area contributed by atoms with Crippen molar-refractivity contribution in [3.05, 3.63) is 76.6 Å². The third-order valence-corrected chi connectivity index (χ3v) is 5.34. The van der Waals surface area contributed by atoms with E-state index < -0.39 is 11.2 Å². The third kappa shape index (κ3) is 3.86. The van der Waals surface area contributed by atoms with Crippen molar-refractivity contribution in [3.63, 3.8) is 0 Å². The van der Waals surface area contributed by atoms with E-state index in [9.17, 15) is 19.2 Å². The van der Waals surface area contributed by atoms with E-state index in [0.717, 1.165) is 5.56 Å². The summed E-state index contributed by atoms with van der Waals surface area (Å²) in [6, 6.07) is 16.7. The summed E-state index contributed by atoms with van der Waals surface area (Å²) in [6.07, 6.45) is 0.364. The van der Waals surface area contributed by atoms with Gasteiger partial charge in [0.1, 0.15) is 22.5 Å². The molecule has 1 heterocycles. The van der Waals surface area contributed by atoms with Crippen molar-refractivity contribution in [3.8, 4) is 6.07 Å². The van der Waals surface area contributed by atoms with Crippen molar-refractivity contribution in [1.29, 1.82) is 5.26 Å². The molecule has 1 saturated heterocycles. The van der Waals surface area contributed by atoms with Crippen LogP contribution < -0.4 is 10.2 Å². The molecule has 1 fully saturated rings. The fraction of sp³-hybridized carbons (Fsp3) is 0.150. The summed E-state index contributed by atoms with van der Waals surface area (Å²) >= 11 is 1.18. The second-order valence-electron chi connectivity index (χ2n) is 5.82. The Labute approximate surface area is 160 Å². The average Bonchev–Trinajstić information content (AvgIpc) is 3.00. The lowest BCUT2D eigenvalue weighted by molar-refractivity contribution is -0.117. The van der Waals surface area contributed by atoms with Crippen molar-refractivity contribution >= 4 is 29.3 Å². The van der Waals surface area contributed by atoms with Crippen molar-refractivity contribution in [2.24, 2.45) is 0 Å². The number of para-hydroxylation sites is 1. The monoisotopic (exact) mass is 381 g/mol. The maximum absolute atomic E-state index is 13.1. The number of halogens is 1. The number of carbonyl (C=O) groups excluding carboxylic acids is 2. The van der Waals surface area contributed by atoms with E-state index in [1.807, 2.05) is 12.1 Å². The molecule has 3 rings (SSSR count). The lowest BCUT2D eigenvalue weighted by Gasteiger charge is -2.18. The van der Waals surface area contributed by atoms with Gasteiger partial charge in [0.2, 0.25) is 5.91 Å². The largest absolute Gasteiger partial charge is 0.354 e. The zero-order valence-electron chi connectivity index (χ0n) is 14.5. The summed E-state index contributed by atoms with van der Waals surface area (Å²) < 4.78 is 13.1. The molecule has 0 aromatic heterocycles. The van der Waals surface area contributed by atoms with E-state index in [4.69, 9.17) is 0 Å². The van der Waals surface area contributed by atoms with Crippen molar-refractivity contribution in [2.75, 3.05) is 11.9 Å². The predicted molar refractivity (Wildman–Crippen MR) is 102 cm³/mol. The molecule has 0 bridgehead atoms. The number of thioether (sulfide) groups is 1. The predicted octanol–water partition coefficient (Wildman–Crippen LogP) is 3.00. The zero-order valence-corrected chi connectivity index (χ0v) is 15.3. The Kier molecular flexibility index (Phi) is 5.57. The van der Waals surface area contributed by atoms with Crippen LogP contribution in [0.5, 0.6) is 0 Å². The fourth-order valence-corrected chi connectivity index (χ4v) is 4.07. The molecule has 7 heteroatoms. The average molecular weight is 381 g/mol. The first-order valence-electron chi connectivity index (χ1n) is 8.21. The smallest absolute Gasteiger partial charge is 0.264 e. The number of nitrogens with zero attached hydrogens (tertiary/aromatic N) is 2. The number of benzene rings is 2. The Morgan fingerprint density at radius 1 is 1.22 bits per heavy atom. The van der Waals surface area contributed by atoms with E-state index in [1.165, 1.54) is 35.8 Å². The highest BCUT2D eigenvalue weighted by molar-refractivity contribution is 8.05. The van der Waals surface area contributed by atoms with Gasteiger partial charge in [0.25, 0.3) is 5.91 Å². The van der Waals surface area contributed by atoms with Gasteiger partial charge in [0.15, 0.2) is 0 Å². The van der Waals surface area contributed by atoms with E-state index >= 15 is 0 Å². The number of carbonyl (C=O) groups is 2. The molecule has 27 heavy (non-hydrogen) atoms. The Morgan fingerprint density at radius 2 is 1.89 bits per heavy atom. The first kappa shape index (κ1) is 18.7. The molecule has 1 aliphatic heterocycles. The standard InChI is InChI=1S/C20H16FN3O2S/c1-23-18(25)16(12-22)20-24(15-5-3-2-4-6-15)19(26)17(27-20)11-13-7-9-14(21)10-8-13/h2-10,17H,11H2,1H3,(H,23,25)/b20-16-/t17-/m0/s1. The van der Waals surface area contributed by atoms with Gasteiger partial charge >= 0.3 is 0 Å². The van der Waals surface area contributed by atoms with Gasteiger partial charge in [-0.15, -0.1) is 0 Å². The number of anilines is 1. The second kappa shape index (κ2) is 8.06. The SMILES string of the molecule is CNC(=O)/C(C#N)=C1\S[C@@H](Cc2ccc(F)cc2)C(=O)N1c1ccccc1. The molecule has 0 spiro atoms. The Hall–Kier alpha value is -3.11. The number of likely N-dealkylation sites (N-methyl/N-ethyl adjacent to an activating group) is 1. The normalized spacial score (nSPS) is 18.2. The van der Waals surface area contributed by atoms with E-state index in [1.54, 1.807) is 36.4 Å². The van der Waals surface area contributed by atoms with Gasteiger partial charge in [-0.25, -0.2) is 4.39 Å². The number of rotatable bonds is 4. The second-order valence-corrected chi connectivity index (χ2v) is 7.01. The number of nitrogens with one attached hydrogen (secondary N) is 1. The minimum absolute atomic E-state index is 0.110. The van der Waals surface area contributed by atoms with Crippen molar-refractivity contribution < 1.29 is 14.0 Å². The topological polar surface area (TPSA) is 73.2 Å². The molecule has 0 saturated carbocycles. The van der Waals surface area contributed by atoms with Crippen molar-refractivity contribution in [2.45, 2.75) is 11.7 Å². The lowest BCUT2D eigenvalue weighted by Crippen LogP contribution is -2.31. The van der Waals surface area contributed by atoms with Gasteiger partial charge in [0, 0.05) is 12.7 Å². The lowest BCUT2D eigenvalue weighted by atomic mass is 10.1. The number of nitriles is 1. The van der Waals surface area contributed by atoms with Gasteiger partial charge in [-0.3, -0.25) is 14.5 Å². The Balaban J connectivity index is 2.02. The summed E-state index contributed by atoms with van der Waals surface area (Å²) in [5.41, 5.74) is 1.28. The summed E-state index contributed by atoms with van der Waals surface area (Å²) in [5, 5.41) is 11.7. The van der Waals surface area contributed by atoms with Crippen LogP contribution in [-0.2, 0) is 16.0 Å². The van der Waals surface area contributed by atoms with Crippen LogP contribution in [0.15, 0.2) is 65.2 Å². The van der Waals surface area contributed by atoms with Crippen molar-refractivity contribution in [1.82, 2.24) is 5.32 Å². The van der Waals surface area contributed by atoms with Gasteiger partial charge in [0.05, 0.1) is 5.25 Å². The highest BCUT2D eigenvalue weighted by atomic mass is 32.2. The van der Waals surface area contributed by atoms with Crippen LogP contribution in [0, 0.1) is 17.1 Å². The van der Waals surface area contributed by atoms with Gasteiger partial charge in [-0.05, 0) is 36.2 Å². The summed E-state index contributed by atoms with van der Waals surface area (Å²) in [7, 11) is 1.44. The van der Waals surface area contributed by atoms with Crippen LogP contribution in [0.1, 0.15) is 5.56 Å². The molecule has 0 unspecified atom stereocenters. The molecule has 1 aliphatic rings. The molecule has 2 amide bonds. The van der Waals surface area contributed by atoms with Gasteiger partial charge < -0.3 is 5.32 Å². The van der Waals surface area contributed by atoms with E-state index in [-0.39, 0.29) is 17.3 Å². The quantitative estimate of drug-likeness (QED) is 0.653. The van der Waals surface area contributed by atoms with Crippen LogP contribution in [0.2, 0.25) is 0 Å². The zero-order chi connectivity index (χ0) is 19.4. The maximum Gasteiger partial charge on any atom is 0.264 e. The number of hydrogen-bond donors (Lipinski definition) is 1. The van der Waals surface area contributed by atoms with E-state index in [0.29, 0.717) is 17.1 Å². The molecular weight excluding hydrogens is 365 g/mol. The minimum Gasteiger partial charge on any atom is -0.354 e. The summed E-state index contributed by atoms with van der Waals surface area (Å²) in [5.74, 6) is -1.11. The van der Waals surface area contributed by atoms with Crippen LogP contribution in [-0.4, -0.2) is 24.1 Å². The molecule has 1 N–H and O–H groups in total. The number of hydrogen-bond acceptors (Lipinski definition) is 4. The first-order chi connectivity index (χ1) is 13.0. The molecule has 2 aromatic carbocycles. The summed E-state index contributed by atoms with van der Waals surface area (Å²) in [6.45, 7) is 0. The van der Waals surface area contributed by atoms with Crippen LogP contribution in [0.3, 0.4) is 0 Å². The molecule has 5 nitrogen and oxygen atoms in total. The van der Waals surface area contributed by atoms with Gasteiger partial charge in [-0.2, -0.15) is 5.26 Å². The molecule has 1 atom stereocenters. The molecular formula is C20H16FN3O2S. The van der Waals surface area contributed by atoms with Crippen LogP contribution in [0.4, 0.5) is 10.1 Å². The minimum atomic E-state index is -0.545. The Bertz CT molecular complexity index is 936. The molecule has 0 radical (unpaired) electrons. The van der Waals surface area contributed by atoms with Gasteiger partial charge in [-0.1, -0.05) is 42.1 Å². The van der Waals surface area contributed by atoms with Crippen LogP contribution >= 0.6 is 11.8 Å².